The Balaban J connectivity index is 1.75. The first kappa shape index (κ1) is 12.9. The molecule has 0 spiro atoms. The van der Waals surface area contributed by atoms with Gasteiger partial charge in [0.2, 0.25) is 0 Å². The number of nitrogens with one attached hydrogen (secondary N) is 1. The molecule has 1 aromatic carbocycles. The van der Waals surface area contributed by atoms with Gasteiger partial charge < -0.3 is 10.4 Å². The summed E-state index contributed by atoms with van der Waals surface area (Å²) in [7, 11) is 0. The van der Waals surface area contributed by atoms with Crippen LogP contribution in [-0.4, -0.2) is 23.8 Å². The molecule has 2 rings (SSSR count). The molecule has 0 bridgehead atoms. The maximum Gasteiger partial charge on any atom is 0.0662 e. The fourth-order valence-electron chi connectivity index (χ4n) is 2.26. The van der Waals surface area contributed by atoms with Gasteiger partial charge in [0.1, 0.15) is 0 Å². The van der Waals surface area contributed by atoms with E-state index in [1.54, 1.807) is 0 Å². The van der Waals surface area contributed by atoms with E-state index >= 15 is 0 Å². The van der Waals surface area contributed by atoms with Gasteiger partial charge in [-0.1, -0.05) is 30.7 Å². The van der Waals surface area contributed by atoms with Gasteiger partial charge in [0.25, 0.3) is 0 Å². The molecule has 3 heteroatoms. The van der Waals surface area contributed by atoms with Gasteiger partial charge in [0, 0.05) is 17.6 Å². The lowest BCUT2D eigenvalue weighted by molar-refractivity contribution is 0.151. The summed E-state index contributed by atoms with van der Waals surface area (Å²) < 4.78 is 0. The van der Waals surface area contributed by atoms with Crippen LogP contribution >= 0.6 is 11.6 Å². The molecule has 1 unspecified atom stereocenters. The fraction of sp³-hybridized carbons (Fsp3) is 0.571. The highest BCUT2D eigenvalue weighted by Gasteiger charge is 2.30. The Morgan fingerprint density at radius 3 is 2.88 bits per heavy atom. The normalized spacial score (nSPS) is 25.4. The molecule has 0 radical (unpaired) electrons. The monoisotopic (exact) mass is 253 g/mol. The van der Waals surface area contributed by atoms with E-state index in [4.69, 9.17) is 11.6 Å². The number of halogens is 1. The second-order valence-electron chi connectivity index (χ2n) is 4.89. The molecular formula is C14H20ClNO. The summed E-state index contributed by atoms with van der Waals surface area (Å²) in [5.41, 5.74) is 1.34. The SMILES string of the molecule is CCC(O)CNC1CC(c2cccc(Cl)c2)C1. The van der Waals surface area contributed by atoms with E-state index in [2.05, 4.69) is 17.4 Å². The quantitative estimate of drug-likeness (QED) is 0.846. The summed E-state index contributed by atoms with van der Waals surface area (Å²) in [6, 6.07) is 8.69. The van der Waals surface area contributed by atoms with Gasteiger partial charge in [-0.05, 0) is 42.9 Å². The van der Waals surface area contributed by atoms with Gasteiger partial charge in [-0.3, -0.25) is 0 Å². The summed E-state index contributed by atoms with van der Waals surface area (Å²) in [6.07, 6.45) is 2.91. The van der Waals surface area contributed by atoms with Gasteiger partial charge in [0.15, 0.2) is 0 Å². The molecule has 0 heterocycles. The second kappa shape index (κ2) is 5.85. The summed E-state index contributed by atoms with van der Waals surface area (Å²) >= 11 is 5.98. The Morgan fingerprint density at radius 1 is 1.47 bits per heavy atom. The van der Waals surface area contributed by atoms with E-state index in [0.29, 0.717) is 18.5 Å². The predicted octanol–water partition coefficient (Wildman–Crippen LogP) is 2.95. The Bertz CT molecular complexity index is 363. The zero-order valence-corrected chi connectivity index (χ0v) is 11.0. The largest absolute Gasteiger partial charge is 0.392 e. The van der Waals surface area contributed by atoms with Gasteiger partial charge >= 0.3 is 0 Å². The van der Waals surface area contributed by atoms with Crippen molar-refractivity contribution in [3.05, 3.63) is 34.9 Å². The van der Waals surface area contributed by atoms with Crippen LogP contribution in [0.4, 0.5) is 0 Å². The van der Waals surface area contributed by atoms with Crippen LogP contribution in [0.2, 0.25) is 5.02 Å². The van der Waals surface area contributed by atoms with Crippen LogP contribution in [0.15, 0.2) is 24.3 Å². The minimum atomic E-state index is -0.208. The molecule has 1 atom stereocenters. The molecule has 1 saturated carbocycles. The molecule has 1 aliphatic rings. The van der Waals surface area contributed by atoms with E-state index in [1.165, 1.54) is 5.56 Å². The summed E-state index contributed by atoms with van der Waals surface area (Å²) in [4.78, 5) is 0. The minimum Gasteiger partial charge on any atom is -0.392 e. The highest BCUT2D eigenvalue weighted by molar-refractivity contribution is 6.30. The lowest BCUT2D eigenvalue weighted by atomic mass is 9.76. The first-order chi connectivity index (χ1) is 8.19. The molecule has 0 saturated heterocycles. The lowest BCUT2D eigenvalue weighted by Crippen LogP contribution is -2.43. The maximum atomic E-state index is 9.47. The van der Waals surface area contributed by atoms with Crippen molar-refractivity contribution in [1.82, 2.24) is 5.32 Å². The topological polar surface area (TPSA) is 32.3 Å². The Morgan fingerprint density at radius 2 is 2.24 bits per heavy atom. The van der Waals surface area contributed by atoms with Crippen molar-refractivity contribution in [1.29, 1.82) is 0 Å². The zero-order valence-electron chi connectivity index (χ0n) is 10.2. The Labute approximate surface area is 108 Å². The van der Waals surface area contributed by atoms with Gasteiger partial charge in [-0.15, -0.1) is 0 Å². The van der Waals surface area contributed by atoms with E-state index in [9.17, 15) is 5.11 Å². The van der Waals surface area contributed by atoms with Crippen LogP contribution < -0.4 is 5.32 Å². The highest BCUT2D eigenvalue weighted by atomic mass is 35.5. The molecule has 0 aliphatic heterocycles. The van der Waals surface area contributed by atoms with Crippen LogP contribution in [0.25, 0.3) is 0 Å². The first-order valence-corrected chi connectivity index (χ1v) is 6.73. The second-order valence-corrected chi connectivity index (χ2v) is 5.33. The van der Waals surface area contributed by atoms with Crippen LogP contribution in [0.1, 0.15) is 37.7 Å². The number of hydrogen-bond donors (Lipinski definition) is 2. The van der Waals surface area contributed by atoms with E-state index in [0.717, 1.165) is 24.3 Å². The third-order valence-corrected chi connectivity index (χ3v) is 3.81. The molecule has 1 aliphatic carbocycles. The number of aliphatic hydroxyl groups excluding tert-OH is 1. The van der Waals surface area contributed by atoms with Crippen LogP contribution in [0.5, 0.6) is 0 Å². The van der Waals surface area contributed by atoms with Crippen molar-refractivity contribution in [2.24, 2.45) is 0 Å². The molecule has 94 valence electrons. The third kappa shape index (κ3) is 3.44. The predicted molar refractivity (Wildman–Crippen MR) is 71.5 cm³/mol. The molecule has 2 N–H and O–H groups in total. The Kier molecular flexibility index (Phi) is 4.43. The van der Waals surface area contributed by atoms with Crippen LogP contribution in [-0.2, 0) is 0 Å². The summed E-state index contributed by atoms with van der Waals surface area (Å²) in [6.45, 7) is 2.71. The van der Waals surface area contributed by atoms with Crippen molar-refractivity contribution in [2.45, 2.75) is 44.2 Å². The van der Waals surface area contributed by atoms with Crippen molar-refractivity contribution in [3.63, 3.8) is 0 Å². The van der Waals surface area contributed by atoms with Gasteiger partial charge in [-0.25, -0.2) is 0 Å². The summed E-state index contributed by atoms with van der Waals surface area (Å²) in [5, 5.41) is 13.7. The van der Waals surface area contributed by atoms with Crippen molar-refractivity contribution >= 4 is 11.6 Å². The smallest absolute Gasteiger partial charge is 0.0662 e. The average molecular weight is 254 g/mol. The molecule has 0 amide bonds. The van der Waals surface area contributed by atoms with Crippen molar-refractivity contribution < 1.29 is 5.11 Å². The average Bonchev–Trinajstić information content (AvgIpc) is 2.26. The third-order valence-electron chi connectivity index (χ3n) is 3.57. The lowest BCUT2D eigenvalue weighted by Gasteiger charge is -2.37. The molecular weight excluding hydrogens is 234 g/mol. The van der Waals surface area contributed by atoms with Crippen LogP contribution in [0, 0.1) is 0 Å². The molecule has 0 aromatic heterocycles. The first-order valence-electron chi connectivity index (χ1n) is 6.36. The van der Waals surface area contributed by atoms with E-state index in [-0.39, 0.29) is 6.10 Å². The van der Waals surface area contributed by atoms with Crippen molar-refractivity contribution in [2.75, 3.05) is 6.54 Å². The van der Waals surface area contributed by atoms with Gasteiger partial charge in [-0.2, -0.15) is 0 Å². The highest BCUT2D eigenvalue weighted by Crippen LogP contribution is 2.37. The summed E-state index contributed by atoms with van der Waals surface area (Å²) in [5.74, 6) is 0.630. The zero-order chi connectivity index (χ0) is 12.3. The van der Waals surface area contributed by atoms with Crippen molar-refractivity contribution in [3.8, 4) is 0 Å². The molecule has 17 heavy (non-hydrogen) atoms. The number of rotatable bonds is 5. The standard InChI is InChI=1S/C14H20ClNO/c1-2-14(17)9-16-13-7-11(8-13)10-4-3-5-12(15)6-10/h3-6,11,13-14,16-17H,2,7-9H2,1H3. The molecule has 1 aromatic rings. The Hall–Kier alpha value is -0.570. The van der Waals surface area contributed by atoms with Gasteiger partial charge in [0.05, 0.1) is 6.10 Å². The number of aliphatic hydroxyl groups is 1. The number of benzene rings is 1. The minimum absolute atomic E-state index is 0.208. The van der Waals surface area contributed by atoms with E-state index in [1.807, 2.05) is 19.1 Å². The van der Waals surface area contributed by atoms with E-state index < -0.39 is 0 Å². The fourth-order valence-corrected chi connectivity index (χ4v) is 2.46. The van der Waals surface area contributed by atoms with Crippen LogP contribution in [0.3, 0.4) is 0 Å². The maximum absolute atomic E-state index is 9.47. The number of hydrogen-bond acceptors (Lipinski definition) is 2. The molecule has 2 nitrogen and oxygen atoms in total. The molecule has 1 fully saturated rings.